The van der Waals surface area contributed by atoms with Crippen LogP contribution in [0.1, 0.15) is 38.2 Å². The van der Waals surface area contributed by atoms with Gasteiger partial charge in [0.1, 0.15) is 28.4 Å². The Hall–Kier alpha value is -3.75. The SMILES string of the molecule is COc1ccc(N2C(=O)c3cc(-c4ccco4)nn3CC2(C)C(=O)NC(C)(C)C)c(OC)c1. The number of furan rings is 1. The van der Waals surface area contributed by atoms with E-state index in [1.54, 1.807) is 61.4 Å². The van der Waals surface area contributed by atoms with E-state index >= 15 is 0 Å². The average Bonchev–Trinajstić information content (AvgIpc) is 3.42. The lowest BCUT2D eigenvalue weighted by Crippen LogP contribution is -2.66. The summed E-state index contributed by atoms with van der Waals surface area (Å²) in [6.07, 6.45) is 1.55. The monoisotopic (exact) mass is 452 g/mol. The second kappa shape index (κ2) is 7.99. The number of benzene rings is 1. The van der Waals surface area contributed by atoms with Gasteiger partial charge in [0.05, 0.1) is 32.7 Å². The summed E-state index contributed by atoms with van der Waals surface area (Å²) in [6.45, 7) is 7.56. The van der Waals surface area contributed by atoms with Crippen molar-refractivity contribution in [3.63, 3.8) is 0 Å². The zero-order valence-electron chi connectivity index (χ0n) is 19.6. The van der Waals surface area contributed by atoms with Gasteiger partial charge >= 0.3 is 0 Å². The fourth-order valence-corrected chi connectivity index (χ4v) is 3.95. The number of carbonyl (C=O) groups excluding carboxylic acids is 2. The van der Waals surface area contributed by atoms with Crippen molar-refractivity contribution in [2.75, 3.05) is 19.1 Å². The molecule has 9 nitrogen and oxygen atoms in total. The van der Waals surface area contributed by atoms with Crippen LogP contribution in [0.5, 0.6) is 11.5 Å². The van der Waals surface area contributed by atoms with E-state index in [0.717, 1.165) is 0 Å². The maximum Gasteiger partial charge on any atom is 0.277 e. The van der Waals surface area contributed by atoms with E-state index in [1.165, 1.54) is 12.0 Å². The predicted molar refractivity (Wildman–Crippen MR) is 123 cm³/mol. The van der Waals surface area contributed by atoms with Gasteiger partial charge < -0.3 is 19.2 Å². The van der Waals surface area contributed by atoms with Crippen molar-refractivity contribution in [3.05, 3.63) is 48.4 Å². The molecule has 1 aliphatic rings. The second-order valence-corrected chi connectivity index (χ2v) is 9.21. The summed E-state index contributed by atoms with van der Waals surface area (Å²) in [6, 6.07) is 10.3. The summed E-state index contributed by atoms with van der Waals surface area (Å²) in [5.41, 5.74) is -0.457. The van der Waals surface area contributed by atoms with Crippen molar-refractivity contribution in [1.29, 1.82) is 0 Å². The molecule has 0 aliphatic carbocycles. The first-order valence-electron chi connectivity index (χ1n) is 10.6. The van der Waals surface area contributed by atoms with Crippen LogP contribution in [0.2, 0.25) is 0 Å². The number of fused-ring (bicyclic) bond motifs is 1. The number of hydrogen-bond acceptors (Lipinski definition) is 6. The first-order chi connectivity index (χ1) is 15.6. The van der Waals surface area contributed by atoms with Crippen LogP contribution < -0.4 is 19.7 Å². The van der Waals surface area contributed by atoms with E-state index in [0.29, 0.717) is 34.3 Å². The molecule has 3 aromatic rings. The van der Waals surface area contributed by atoms with Crippen LogP contribution in [0.25, 0.3) is 11.5 Å². The Labute approximate surface area is 192 Å². The Morgan fingerprint density at radius 1 is 1.18 bits per heavy atom. The number of hydrogen-bond donors (Lipinski definition) is 1. The highest BCUT2D eigenvalue weighted by Crippen LogP contribution is 2.40. The number of nitrogens with zero attached hydrogens (tertiary/aromatic N) is 3. The van der Waals surface area contributed by atoms with Gasteiger partial charge in [-0.25, -0.2) is 0 Å². The van der Waals surface area contributed by atoms with Crippen molar-refractivity contribution < 1.29 is 23.5 Å². The number of carbonyl (C=O) groups is 2. The number of nitrogens with one attached hydrogen (secondary N) is 1. The Kier molecular flexibility index (Phi) is 5.43. The molecular weight excluding hydrogens is 424 g/mol. The molecule has 1 aliphatic heterocycles. The highest BCUT2D eigenvalue weighted by atomic mass is 16.5. The van der Waals surface area contributed by atoms with Crippen LogP contribution >= 0.6 is 0 Å². The number of amides is 2. The minimum absolute atomic E-state index is 0.145. The third kappa shape index (κ3) is 3.94. The van der Waals surface area contributed by atoms with Crippen molar-refractivity contribution in [2.45, 2.75) is 45.3 Å². The van der Waals surface area contributed by atoms with E-state index in [4.69, 9.17) is 13.9 Å². The minimum atomic E-state index is -1.29. The summed E-state index contributed by atoms with van der Waals surface area (Å²) < 4.78 is 17.9. The molecule has 3 heterocycles. The second-order valence-electron chi connectivity index (χ2n) is 9.21. The van der Waals surface area contributed by atoms with E-state index in [2.05, 4.69) is 10.4 Å². The van der Waals surface area contributed by atoms with Gasteiger partial charge in [-0.15, -0.1) is 0 Å². The summed E-state index contributed by atoms with van der Waals surface area (Å²) >= 11 is 0. The number of anilines is 1. The van der Waals surface area contributed by atoms with Gasteiger partial charge in [-0.3, -0.25) is 19.2 Å². The maximum atomic E-state index is 13.9. The Morgan fingerprint density at radius 2 is 1.94 bits per heavy atom. The summed E-state index contributed by atoms with van der Waals surface area (Å²) in [7, 11) is 3.06. The molecule has 9 heteroatoms. The smallest absolute Gasteiger partial charge is 0.277 e. The van der Waals surface area contributed by atoms with Gasteiger partial charge in [-0.2, -0.15) is 5.10 Å². The zero-order valence-corrected chi connectivity index (χ0v) is 19.6. The fraction of sp³-hybridized carbons (Fsp3) is 0.375. The molecule has 0 radical (unpaired) electrons. The van der Waals surface area contributed by atoms with Crippen molar-refractivity contribution in [3.8, 4) is 23.0 Å². The largest absolute Gasteiger partial charge is 0.497 e. The quantitative estimate of drug-likeness (QED) is 0.636. The van der Waals surface area contributed by atoms with Crippen molar-refractivity contribution in [1.82, 2.24) is 15.1 Å². The van der Waals surface area contributed by atoms with E-state index in [1.807, 2.05) is 20.8 Å². The molecule has 1 aromatic carbocycles. The van der Waals surface area contributed by atoms with Gasteiger partial charge in [-0.1, -0.05) is 0 Å². The van der Waals surface area contributed by atoms with Crippen LogP contribution in [0.4, 0.5) is 5.69 Å². The molecule has 0 saturated carbocycles. The van der Waals surface area contributed by atoms with Crippen LogP contribution in [0.15, 0.2) is 47.1 Å². The molecule has 2 aromatic heterocycles. The molecule has 1 N–H and O–H groups in total. The summed E-state index contributed by atoms with van der Waals surface area (Å²) in [5.74, 6) is 0.852. The van der Waals surface area contributed by atoms with E-state index in [9.17, 15) is 9.59 Å². The van der Waals surface area contributed by atoms with Crippen LogP contribution in [-0.4, -0.2) is 46.9 Å². The molecule has 4 rings (SSSR count). The lowest BCUT2D eigenvalue weighted by molar-refractivity contribution is -0.128. The molecule has 1 unspecified atom stereocenters. The standard InChI is InChI=1S/C24H28N4O5/c1-23(2,3)25-22(30)24(4)14-27-18(13-16(26-27)19-8-7-11-33-19)21(29)28(24)17-10-9-15(31-5)12-20(17)32-6/h7-13H,14H2,1-6H3,(H,25,30). The highest BCUT2D eigenvalue weighted by Gasteiger charge is 2.50. The molecule has 2 amide bonds. The van der Waals surface area contributed by atoms with Gasteiger partial charge in [-0.05, 0) is 52.0 Å². The molecular formula is C24H28N4O5. The summed E-state index contributed by atoms with van der Waals surface area (Å²) in [5, 5.41) is 7.58. The number of rotatable bonds is 5. The molecule has 0 saturated heterocycles. The van der Waals surface area contributed by atoms with Crippen molar-refractivity contribution >= 4 is 17.5 Å². The Bertz CT molecular complexity index is 1190. The molecule has 174 valence electrons. The molecule has 0 spiro atoms. The lowest BCUT2D eigenvalue weighted by Gasteiger charge is -2.44. The average molecular weight is 453 g/mol. The molecule has 0 fully saturated rings. The number of methoxy groups -OCH3 is 2. The third-order valence-electron chi connectivity index (χ3n) is 5.53. The summed E-state index contributed by atoms with van der Waals surface area (Å²) in [4.78, 5) is 29.0. The van der Waals surface area contributed by atoms with Gasteiger partial charge in [0, 0.05) is 17.7 Å². The highest BCUT2D eigenvalue weighted by molar-refractivity contribution is 6.13. The maximum absolute atomic E-state index is 13.9. The van der Waals surface area contributed by atoms with E-state index in [-0.39, 0.29) is 18.4 Å². The number of aromatic nitrogens is 2. The molecule has 1 atom stereocenters. The molecule has 33 heavy (non-hydrogen) atoms. The first-order valence-corrected chi connectivity index (χ1v) is 10.6. The van der Waals surface area contributed by atoms with Crippen LogP contribution in [-0.2, 0) is 11.3 Å². The minimum Gasteiger partial charge on any atom is -0.497 e. The topological polar surface area (TPSA) is 98.8 Å². The third-order valence-corrected chi connectivity index (χ3v) is 5.53. The van der Waals surface area contributed by atoms with E-state index < -0.39 is 11.1 Å². The zero-order chi connectivity index (χ0) is 24.0. The van der Waals surface area contributed by atoms with Gasteiger partial charge in [0.15, 0.2) is 5.76 Å². The fourth-order valence-electron chi connectivity index (χ4n) is 3.95. The Balaban J connectivity index is 1.88. The Morgan fingerprint density at radius 3 is 2.55 bits per heavy atom. The lowest BCUT2D eigenvalue weighted by atomic mass is 9.92. The first kappa shape index (κ1) is 22.4. The van der Waals surface area contributed by atoms with Gasteiger partial charge in [0.2, 0.25) is 5.91 Å². The van der Waals surface area contributed by atoms with Crippen LogP contribution in [0.3, 0.4) is 0 Å². The molecule has 0 bridgehead atoms. The number of ether oxygens (including phenoxy) is 2. The predicted octanol–water partition coefficient (Wildman–Crippen LogP) is 3.49. The van der Waals surface area contributed by atoms with Gasteiger partial charge in [0.25, 0.3) is 5.91 Å². The van der Waals surface area contributed by atoms with Crippen LogP contribution in [0, 0.1) is 0 Å². The van der Waals surface area contributed by atoms with Crippen molar-refractivity contribution in [2.24, 2.45) is 0 Å². The normalized spacial score (nSPS) is 18.1.